The fraction of sp³-hybridized carbons (Fsp3) is 0.182. The number of amides is 3. The predicted molar refractivity (Wildman–Crippen MR) is 71.2 cm³/mol. The molecule has 1 unspecified atom stereocenters. The number of halogens is 1. The molecule has 7 heteroatoms. The Kier molecular flexibility index (Phi) is 3.49. The number of thiocarbonyl (C=S) groups is 1. The summed E-state index contributed by atoms with van der Waals surface area (Å²) < 4.78 is 0. The first kappa shape index (κ1) is 12.8. The van der Waals surface area contributed by atoms with E-state index in [-0.39, 0.29) is 17.4 Å². The molecule has 2 rings (SSSR count). The second-order valence-electron chi connectivity index (χ2n) is 3.82. The van der Waals surface area contributed by atoms with Crippen LogP contribution in [0.15, 0.2) is 24.3 Å². The number of imide groups is 1. The Bertz CT molecular complexity index is 518. The van der Waals surface area contributed by atoms with E-state index in [0.29, 0.717) is 10.6 Å². The largest absolute Gasteiger partial charge is 0.392 e. The molecule has 0 bridgehead atoms. The molecule has 1 heterocycles. The molecular formula is C11H10ClN3O2S. The number of urea groups is 1. The molecule has 3 N–H and O–H groups in total. The normalized spacial score (nSPS) is 18.9. The Morgan fingerprint density at radius 1 is 1.39 bits per heavy atom. The second-order valence-corrected chi connectivity index (χ2v) is 4.79. The summed E-state index contributed by atoms with van der Waals surface area (Å²) in [6.07, 6.45) is 0. The van der Waals surface area contributed by atoms with Crippen molar-refractivity contribution in [3.63, 3.8) is 0 Å². The summed E-state index contributed by atoms with van der Waals surface area (Å²) in [7, 11) is 0. The number of carbonyl (C=O) groups is 2. The summed E-state index contributed by atoms with van der Waals surface area (Å²) in [6.45, 7) is -0.0515. The third-order valence-electron chi connectivity index (χ3n) is 2.54. The van der Waals surface area contributed by atoms with Crippen molar-refractivity contribution in [3.05, 3.63) is 34.9 Å². The van der Waals surface area contributed by atoms with Crippen molar-refractivity contribution in [1.29, 1.82) is 0 Å². The summed E-state index contributed by atoms with van der Waals surface area (Å²) in [5.74, 6) is -0.366. The molecule has 0 saturated carbocycles. The zero-order chi connectivity index (χ0) is 13.3. The first-order valence-electron chi connectivity index (χ1n) is 5.14. The van der Waals surface area contributed by atoms with Gasteiger partial charge in [0.15, 0.2) is 0 Å². The minimum atomic E-state index is -0.705. The van der Waals surface area contributed by atoms with Crippen LogP contribution in [0.5, 0.6) is 0 Å². The lowest BCUT2D eigenvalue weighted by Gasteiger charge is -2.11. The van der Waals surface area contributed by atoms with Crippen LogP contribution in [0.2, 0.25) is 5.02 Å². The van der Waals surface area contributed by atoms with Gasteiger partial charge in [0.25, 0.3) is 5.91 Å². The lowest BCUT2D eigenvalue weighted by molar-refractivity contribution is -0.127. The van der Waals surface area contributed by atoms with Crippen LogP contribution in [-0.2, 0) is 4.79 Å². The van der Waals surface area contributed by atoms with Gasteiger partial charge >= 0.3 is 6.03 Å². The van der Waals surface area contributed by atoms with E-state index in [0.717, 1.165) is 4.90 Å². The Labute approximate surface area is 114 Å². The van der Waals surface area contributed by atoms with E-state index < -0.39 is 12.1 Å². The number of carbonyl (C=O) groups excluding carboxylic acids is 2. The summed E-state index contributed by atoms with van der Waals surface area (Å²) in [4.78, 5) is 24.7. The van der Waals surface area contributed by atoms with Crippen LogP contribution in [0.3, 0.4) is 0 Å². The molecule has 18 heavy (non-hydrogen) atoms. The van der Waals surface area contributed by atoms with Crippen molar-refractivity contribution in [1.82, 2.24) is 10.2 Å². The van der Waals surface area contributed by atoms with Gasteiger partial charge in [0.05, 0.1) is 11.5 Å². The van der Waals surface area contributed by atoms with Crippen LogP contribution in [0, 0.1) is 0 Å². The number of nitrogens with one attached hydrogen (secondary N) is 1. The number of nitrogens with two attached hydrogens (primary N) is 1. The lowest BCUT2D eigenvalue weighted by Crippen LogP contribution is -2.37. The van der Waals surface area contributed by atoms with Gasteiger partial charge in [0, 0.05) is 5.02 Å². The van der Waals surface area contributed by atoms with Crippen molar-refractivity contribution >= 4 is 40.7 Å². The topological polar surface area (TPSA) is 75.4 Å². The highest BCUT2D eigenvalue weighted by molar-refractivity contribution is 7.80. The van der Waals surface area contributed by atoms with Gasteiger partial charge in [0.2, 0.25) is 0 Å². The molecule has 3 amide bonds. The number of benzene rings is 1. The molecule has 5 nitrogen and oxygen atoms in total. The van der Waals surface area contributed by atoms with Crippen molar-refractivity contribution in [2.45, 2.75) is 6.04 Å². The van der Waals surface area contributed by atoms with E-state index in [1.807, 2.05) is 0 Å². The smallest absolute Gasteiger partial charge is 0.325 e. The van der Waals surface area contributed by atoms with Gasteiger partial charge in [0.1, 0.15) is 6.04 Å². The summed E-state index contributed by atoms with van der Waals surface area (Å²) >= 11 is 10.5. The van der Waals surface area contributed by atoms with Crippen molar-refractivity contribution in [2.24, 2.45) is 5.73 Å². The highest BCUT2D eigenvalue weighted by Crippen LogP contribution is 2.23. The second kappa shape index (κ2) is 4.91. The summed E-state index contributed by atoms with van der Waals surface area (Å²) in [5, 5.41) is 3.14. The van der Waals surface area contributed by atoms with Gasteiger partial charge in [-0.05, 0) is 17.7 Å². The summed E-state index contributed by atoms with van der Waals surface area (Å²) in [6, 6.07) is 5.50. The molecule has 1 fully saturated rings. The van der Waals surface area contributed by atoms with E-state index in [2.05, 4.69) is 5.32 Å². The van der Waals surface area contributed by atoms with Gasteiger partial charge < -0.3 is 11.1 Å². The minimum Gasteiger partial charge on any atom is -0.392 e. The molecule has 94 valence electrons. The molecule has 0 radical (unpaired) electrons. The van der Waals surface area contributed by atoms with Crippen molar-refractivity contribution < 1.29 is 9.59 Å². The lowest BCUT2D eigenvalue weighted by atomic mass is 10.1. The summed E-state index contributed by atoms with van der Waals surface area (Å²) in [5.41, 5.74) is 6.01. The van der Waals surface area contributed by atoms with Crippen molar-refractivity contribution in [3.8, 4) is 0 Å². The van der Waals surface area contributed by atoms with Crippen LogP contribution in [0.4, 0.5) is 4.79 Å². The molecule has 0 spiro atoms. The number of hydrogen-bond acceptors (Lipinski definition) is 3. The first-order chi connectivity index (χ1) is 8.49. The van der Waals surface area contributed by atoms with E-state index in [9.17, 15) is 9.59 Å². The van der Waals surface area contributed by atoms with Crippen LogP contribution in [0.1, 0.15) is 11.6 Å². The minimum absolute atomic E-state index is 0.0515. The molecule has 0 aliphatic carbocycles. The Morgan fingerprint density at radius 3 is 2.56 bits per heavy atom. The van der Waals surface area contributed by atoms with Gasteiger partial charge in [-0.2, -0.15) is 0 Å². The van der Waals surface area contributed by atoms with Gasteiger partial charge in [-0.3, -0.25) is 9.69 Å². The zero-order valence-corrected chi connectivity index (χ0v) is 10.8. The fourth-order valence-corrected chi connectivity index (χ4v) is 1.96. The van der Waals surface area contributed by atoms with E-state index >= 15 is 0 Å². The zero-order valence-electron chi connectivity index (χ0n) is 9.22. The molecule has 1 aliphatic heterocycles. The Balaban J connectivity index is 2.22. The average molecular weight is 284 g/mol. The standard InChI is InChI=1S/C11H10ClN3O2S/c12-7-3-1-6(2-4-7)9-10(16)15(5-8(13)18)11(17)14-9/h1-4,9H,5H2,(H2,13,18)(H,14,17). The van der Waals surface area contributed by atoms with E-state index in [1.54, 1.807) is 24.3 Å². The third-order valence-corrected chi connectivity index (χ3v) is 2.92. The highest BCUT2D eigenvalue weighted by atomic mass is 35.5. The molecule has 0 aromatic heterocycles. The molecule has 1 aromatic carbocycles. The fourth-order valence-electron chi connectivity index (χ4n) is 1.71. The number of nitrogens with zero attached hydrogens (tertiary/aromatic N) is 1. The Morgan fingerprint density at radius 2 is 2.00 bits per heavy atom. The maximum absolute atomic E-state index is 12.0. The average Bonchev–Trinajstić information content (AvgIpc) is 2.58. The molecule has 1 aliphatic rings. The maximum Gasteiger partial charge on any atom is 0.325 e. The van der Waals surface area contributed by atoms with Gasteiger partial charge in [-0.25, -0.2) is 4.79 Å². The van der Waals surface area contributed by atoms with Crippen LogP contribution in [-0.4, -0.2) is 28.4 Å². The monoisotopic (exact) mass is 283 g/mol. The quantitative estimate of drug-likeness (QED) is 0.646. The van der Waals surface area contributed by atoms with Crippen molar-refractivity contribution in [2.75, 3.05) is 6.54 Å². The highest BCUT2D eigenvalue weighted by Gasteiger charge is 2.38. The third kappa shape index (κ3) is 2.44. The van der Waals surface area contributed by atoms with E-state index in [1.165, 1.54) is 0 Å². The molecule has 1 aromatic rings. The SMILES string of the molecule is NC(=S)CN1C(=O)NC(c2ccc(Cl)cc2)C1=O. The van der Waals surface area contributed by atoms with Crippen LogP contribution >= 0.6 is 23.8 Å². The van der Waals surface area contributed by atoms with Gasteiger partial charge in [-0.1, -0.05) is 36.0 Å². The first-order valence-corrected chi connectivity index (χ1v) is 5.93. The molecule has 1 saturated heterocycles. The van der Waals surface area contributed by atoms with Crippen LogP contribution < -0.4 is 11.1 Å². The van der Waals surface area contributed by atoms with E-state index in [4.69, 9.17) is 29.6 Å². The maximum atomic E-state index is 12.0. The van der Waals surface area contributed by atoms with Gasteiger partial charge in [-0.15, -0.1) is 0 Å². The molecule has 1 atom stereocenters. The number of hydrogen-bond donors (Lipinski definition) is 2. The number of rotatable bonds is 3. The Hall–Kier alpha value is -1.66. The van der Waals surface area contributed by atoms with Crippen LogP contribution in [0.25, 0.3) is 0 Å². The molecular weight excluding hydrogens is 274 g/mol. The predicted octanol–water partition coefficient (Wildman–Crippen LogP) is 1.22.